The van der Waals surface area contributed by atoms with E-state index in [4.69, 9.17) is 20.9 Å². The lowest BCUT2D eigenvalue weighted by Crippen LogP contribution is -2.28. The molecular formula is C28H27ClNO5PS. The van der Waals surface area contributed by atoms with Crippen LogP contribution in [-0.2, 0) is 14.6 Å². The molecule has 37 heavy (non-hydrogen) atoms. The molecule has 4 aromatic rings. The number of aryl methyl sites for hydroxylation is 1. The minimum Gasteiger partial charge on any atom is -0.496 e. The molecule has 0 amide bonds. The van der Waals surface area contributed by atoms with E-state index < -0.39 is 23.4 Å². The van der Waals surface area contributed by atoms with Gasteiger partial charge in [0.25, 0.3) is 0 Å². The third-order valence-corrected chi connectivity index (χ3v) is 10.1. The average molecular weight is 556 g/mol. The van der Waals surface area contributed by atoms with Crippen molar-refractivity contribution in [3.63, 3.8) is 0 Å². The summed E-state index contributed by atoms with van der Waals surface area (Å²) in [6.45, 7) is 3.57. The van der Waals surface area contributed by atoms with Crippen molar-refractivity contribution in [2.75, 3.05) is 7.11 Å². The summed E-state index contributed by atoms with van der Waals surface area (Å²) in [5.74, 6) is 0.653. The summed E-state index contributed by atoms with van der Waals surface area (Å²) in [5.41, 5.74) is 1.39. The van der Waals surface area contributed by atoms with Gasteiger partial charge in [-0.15, -0.1) is 0 Å². The van der Waals surface area contributed by atoms with Gasteiger partial charge in [0.2, 0.25) is 10.0 Å². The Morgan fingerprint density at radius 1 is 0.865 bits per heavy atom. The van der Waals surface area contributed by atoms with Crippen molar-refractivity contribution in [1.29, 1.82) is 0 Å². The predicted molar refractivity (Wildman–Crippen MR) is 148 cm³/mol. The van der Waals surface area contributed by atoms with Gasteiger partial charge in [-0.25, -0.2) is 13.1 Å². The summed E-state index contributed by atoms with van der Waals surface area (Å²) in [4.78, 5) is 0.137. The zero-order valence-electron chi connectivity index (χ0n) is 20.6. The first-order valence-corrected chi connectivity index (χ1v) is 15.0. The molecule has 1 N–H and O–H groups in total. The number of methoxy groups -OCH3 is 1. The van der Waals surface area contributed by atoms with Crippen LogP contribution in [0.15, 0.2) is 102 Å². The van der Waals surface area contributed by atoms with Gasteiger partial charge >= 0.3 is 7.37 Å². The molecule has 192 valence electrons. The Morgan fingerprint density at radius 3 is 2.19 bits per heavy atom. The lowest BCUT2D eigenvalue weighted by molar-refractivity contribution is 0.416. The first kappa shape index (κ1) is 27.0. The number of hydrogen-bond acceptors (Lipinski definition) is 5. The van der Waals surface area contributed by atoms with Gasteiger partial charge in [0.15, 0.2) is 0 Å². The van der Waals surface area contributed by atoms with Crippen LogP contribution in [0, 0.1) is 6.92 Å². The molecule has 0 spiro atoms. The summed E-state index contributed by atoms with van der Waals surface area (Å²) in [6.07, 6.45) is 0. The minimum absolute atomic E-state index is 0.137. The van der Waals surface area contributed by atoms with E-state index in [1.165, 1.54) is 7.11 Å². The van der Waals surface area contributed by atoms with Gasteiger partial charge in [-0.2, -0.15) is 0 Å². The van der Waals surface area contributed by atoms with Crippen molar-refractivity contribution < 1.29 is 22.2 Å². The van der Waals surface area contributed by atoms with Gasteiger partial charge < -0.3 is 9.26 Å². The van der Waals surface area contributed by atoms with Gasteiger partial charge in [-0.3, -0.25) is 4.57 Å². The molecule has 0 radical (unpaired) electrons. The number of ether oxygens (including phenoxy) is 1. The number of hydrogen-bond donors (Lipinski definition) is 1. The highest BCUT2D eigenvalue weighted by Gasteiger charge is 2.34. The van der Waals surface area contributed by atoms with E-state index in [0.29, 0.717) is 26.9 Å². The summed E-state index contributed by atoms with van der Waals surface area (Å²) in [6, 6.07) is 26.4. The zero-order chi connectivity index (χ0) is 26.6. The maximum atomic E-state index is 14.7. The van der Waals surface area contributed by atoms with Crippen LogP contribution in [0.5, 0.6) is 11.5 Å². The second kappa shape index (κ2) is 11.1. The molecule has 4 rings (SSSR count). The van der Waals surface area contributed by atoms with Crippen LogP contribution in [0.25, 0.3) is 0 Å². The highest BCUT2D eigenvalue weighted by Crippen LogP contribution is 2.49. The lowest BCUT2D eigenvalue weighted by Gasteiger charge is -2.25. The smallest absolute Gasteiger partial charge is 0.310 e. The Labute approximate surface area is 222 Å². The predicted octanol–water partition coefficient (Wildman–Crippen LogP) is 6.00. The third kappa shape index (κ3) is 5.91. The SMILES string of the molecule is COc1ccccc1[P@](=O)(Oc1ccc(Cl)cc1[C@H](C)NS(=O)(=O)c1ccc(C)cc1)c1ccccc1. The molecule has 0 aliphatic rings. The van der Waals surface area contributed by atoms with Crippen molar-refractivity contribution in [3.05, 3.63) is 113 Å². The highest BCUT2D eigenvalue weighted by molar-refractivity contribution is 7.89. The molecule has 0 unspecified atom stereocenters. The quantitative estimate of drug-likeness (QED) is 0.256. The molecule has 9 heteroatoms. The third-order valence-electron chi connectivity index (χ3n) is 5.83. The normalized spacial score (nSPS) is 13.9. The topological polar surface area (TPSA) is 81.7 Å². The summed E-state index contributed by atoms with van der Waals surface area (Å²) < 4.78 is 55.4. The molecular weight excluding hydrogens is 529 g/mol. The van der Waals surface area contributed by atoms with E-state index in [0.717, 1.165) is 5.56 Å². The second-order valence-corrected chi connectivity index (χ2v) is 12.9. The molecule has 0 aromatic heterocycles. The fourth-order valence-corrected chi connectivity index (χ4v) is 7.53. The monoisotopic (exact) mass is 555 g/mol. The molecule has 0 aliphatic heterocycles. The van der Waals surface area contributed by atoms with Crippen LogP contribution in [0.2, 0.25) is 5.02 Å². The number of benzene rings is 4. The van der Waals surface area contributed by atoms with Crippen molar-refractivity contribution in [2.24, 2.45) is 0 Å². The van der Waals surface area contributed by atoms with Gasteiger partial charge in [-0.1, -0.05) is 59.6 Å². The van der Waals surface area contributed by atoms with E-state index >= 15 is 0 Å². The van der Waals surface area contributed by atoms with Crippen LogP contribution in [-0.4, -0.2) is 15.5 Å². The number of nitrogens with one attached hydrogen (secondary N) is 1. The summed E-state index contributed by atoms with van der Waals surface area (Å²) in [5, 5.41) is 1.24. The van der Waals surface area contributed by atoms with E-state index in [9.17, 15) is 13.0 Å². The fourth-order valence-electron chi connectivity index (χ4n) is 3.90. The fraction of sp³-hybridized carbons (Fsp3) is 0.143. The minimum atomic E-state index is -3.85. The Balaban J connectivity index is 1.78. The number of halogens is 1. The Morgan fingerprint density at radius 2 is 1.51 bits per heavy atom. The second-order valence-electron chi connectivity index (χ2n) is 8.49. The molecule has 0 heterocycles. The van der Waals surface area contributed by atoms with E-state index in [2.05, 4.69) is 4.72 Å². The van der Waals surface area contributed by atoms with E-state index in [1.807, 2.05) is 13.0 Å². The van der Waals surface area contributed by atoms with E-state index in [-0.39, 0.29) is 10.6 Å². The highest BCUT2D eigenvalue weighted by atomic mass is 35.5. The molecule has 0 bridgehead atoms. The van der Waals surface area contributed by atoms with Crippen LogP contribution in [0.1, 0.15) is 24.1 Å². The van der Waals surface area contributed by atoms with Gasteiger partial charge in [0, 0.05) is 16.6 Å². The van der Waals surface area contributed by atoms with Crippen molar-refractivity contribution in [3.8, 4) is 11.5 Å². The molecule has 0 saturated heterocycles. The zero-order valence-corrected chi connectivity index (χ0v) is 23.1. The summed E-state index contributed by atoms with van der Waals surface area (Å²) >= 11 is 6.30. The number of rotatable bonds is 9. The van der Waals surface area contributed by atoms with Crippen molar-refractivity contribution in [2.45, 2.75) is 24.8 Å². The molecule has 0 fully saturated rings. The van der Waals surface area contributed by atoms with Gasteiger partial charge in [-0.05, 0) is 68.4 Å². The number of sulfonamides is 1. The summed E-state index contributed by atoms with van der Waals surface area (Å²) in [7, 11) is -6.09. The molecule has 2 atom stereocenters. The van der Waals surface area contributed by atoms with Gasteiger partial charge in [0.05, 0.1) is 22.6 Å². The largest absolute Gasteiger partial charge is 0.496 e. The van der Waals surface area contributed by atoms with Crippen LogP contribution >= 0.6 is 19.0 Å². The first-order valence-electron chi connectivity index (χ1n) is 11.5. The van der Waals surface area contributed by atoms with Gasteiger partial charge in [0.1, 0.15) is 11.5 Å². The number of para-hydroxylation sites is 1. The Kier molecular flexibility index (Phi) is 8.10. The van der Waals surface area contributed by atoms with Crippen molar-refractivity contribution >= 4 is 39.6 Å². The lowest BCUT2D eigenvalue weighted by atomic mass is 10.1. The van der Waals surface area contributed by atoms with Crippen molar-refractivity contribution in [1.82, 2.24) is 4.72 Å². The molecule has 0 aliphatic carbocycles. The van der Waals surface area contributed by atoms with Crippen LogP contribution in [0.3, 0.4) is 0 Å². The molecule has 4 aromatic carbocycles. The molecule has 0 saturated carbocycles. The standard InChI is InChI=1S/C28H27ClNO5PS/c1-20-13-16-24(17-14-20)37(32,33)30-21(2)25-19-22(29)15-18-26(25)35-36(31,23-9-5-4-6-10-23)28-12-8-7-11-27(28)34-3/h4-19,21,30H,1-3H3/t21-,36+/m0/s1. The maximum absolute atomic E-state index is 14.7. The Hall–Kier alpha value is -3.09. The van der Waals surface area contributed by atoms with E-state index in [1.54, 1.807) is 97.9 Å². The maximum Gasteiger partial charge on any atom is 0.310 e. The van der Waals surface area contributed by atoms with Crippen LogP contribution in [0.4, 0.5) is 0 Å². The Bertz CT molecular complexity index is 1540. The van der Waals surface area contributed by atoms with Crippen LogP contribution < -0.4 is 24.6 Å². The first-order chi connectivity index (χ1) is 17.6. The average Bonchev–Trinajstić information content (AvgIpc) is 2.90. The molecule has 6 nitrogen and oxygen atoms in total.